The molecule has 132 valence electrons. The lowest BCUT2D eigenvalue weighted by Gasteiger charge is -2.38. The van der Waals surface area contributed by atoms with E-state index in [2.05, 4.69) is 5.32 Å². The van der Waals surface area contributed by atoms with Gasteiger partial charge in [-0.25, -0.2) is 4.39 Å². The fraction of sp³-hybridized carbons (Fsp3) is 0.529. The van der Waals surface area contributed by atoms with Gasteiger partial charge in [0.2, 0.25) is 5.91 Å². The molecule has 0 radical (unpaired) electrons. The van der Waals surface area contributed by atoms with E-state index in [4.69, 9.17) is 9.47 Å². The van der Waals surface area contributed by atoms with Gasteiger partial charge < -0.3 is 19.7 Å². The minimum absolute atomic E-state index is 0.167. The molecular weight excluding hydrogens is 315 g/mol. The number of halogens is 1. The molecule has 1 aromatic carbocycles. The molecule has 0 unspecified atom stereocenters. The molecule has 2 atom stereocenters. The molecule has 1 heterocycles. The van der Waals surface area contributed by atoms with E-state index >= 15 is 0 Å². The Morgan fingerprint density at radius 1 is 1.50 bits per heavy atom. The fourth-order valence-corrected chi connectivity index (χ4v) is 2.65. The van der Waals surface area contributed by atoms with Gasteiger partial charge >= 0.3 is 0 Å². The van der Waals surface area contributed by atoms with Crippen molar-refractivity contribution in [3.63, 3.8) is 0 Å². The van der Waals surface area contributed by atoms with E-state index in [9.17, 15) is 14.0 Å². The maximum absolute atomic E-state index is 13.5. The van der Waals surface area contributed by atoms with E-state index in [-0.39, 0.29) is 18.4 Å². The molecule has 0 bridgehead atoms. The standard InChI is InChI=1S/C17H23FN2O4/c1-3-23-9-5-8-19-17(22)16-15(20(2)14(21)11-24-16)12-6-4-7-13(18)10-12/h4,6-7,10,15-16H,3,5,8-9,11H2,1-2H3,(H,19,22)/t15-,16+/m1/s1. The predicted molar refractivity (Wildman–Crippen MR) is 85.8 cm³/mol. The van der Waals surface area contributed by atoms with Crippen LogP contribution in [0, 0.1) is 5.82 Å². The Morgan fingerprint density at radius 2 is 2.29 bits per heavy atom. The second-order valence-corrected chi connectivity index (χ2v) is 5.58. The third kappa shape index (κ3) is 4.52. The van der Waals surface area contributed by atoms with Crippen molar-refractivity contribution in [1.29, 1.82) is 0 Å². The Hall–Kier alpha value is -1.99. The largest absolute Gasteiger partial charge is 0.382 e. The van der Waals surface area contributed by atoms with Crippen molar-refractivity contribution in [2.24, 2.45) is 0 Å². The third-order valence-electron chi connectivity index (χ3n) is 3.90. The molecule has 1 aliphatic rings. The van der Waals surface area contributed by atoms with Crippen LogP contribution in [-0.2, 0) is 19.1 Å². The van der Waals surface area contributed by atoms with Gasteiger partial charge in [0, 0.05) is 26.8 Å². The quantitative estimate of drug-likeness (QED) is 0.760. The second kappa shape index (κ2) is 8.75. The number of rotatable bonds is 7. The zero-order valence-corrected chi connectivity index (χ0v) is 14.0. The maximum Gasteiger partial charge on any atom is 0.251 e. The normalized spacial score (nSPS) is 21.0. The third-order valence-corrected chi connectivity index (χ3v) is 3.90. The van der Waals surface area contributed by atoms with Gasteiger partial charge in [-0.15, -0.1) is 0 Å². The van der Waals surface area contributed by atoms with Crippen molar-refractivity contribution in [2.75, 3.05) is 33.4 Å². The summed E-state index contributed by atoms with van der Waals surface area (Å²) >= 11 is 0. The number of carbonyl (C=O) groups excluding carboxylic acids is 2. The van der Waals surface area contributed by atoms with E-state index < -0.39 is 18.0 Å². The molecule has 1 fully saturated rings. The first kappa shape index (κ1) is 18.4. The number of hydrogen-bond donors (Lipinski definition) is 1. The second-order valence-electron chi connectivity index (χ2n) is 5.58. The summed E-state index contributed by atoms with van der Waals surface area (Å²) in [6.45, 7) is 3.39. The number of nitrogens with one attached hydrogen (secondary N) is 1. The lowest BCUT2D eigenvalue weighted by Crippen LogP contribution is -2.53. The Bertz CT molecular complexity index is 581. The Balaban J connectivity index is 2.07. The van der Waals surface area contributed by atoms with Gasteiger partial charge in [0.15, 0.2) is 6.10 Å². The lowest BCUT2D eigenvalue weighted by molar-refractivity contribution is -0.162. The molecule has 6 nitrogen and oxygen atoms in total. The molecule has 1 saturated heterocycles. The molecule has 2 amide bonds. The van der Waals surface area contributed by atoms with Gasteiger partial charge in [0.1, 0.15) is 12.4 Å². The molecule has 0 aliphatic carbocycles. The van der Waals surface area contributed by atoms with E-state index in [0.717, 1.165) is 0 Å². The fourth-order valence-electron chi connectivity index (χ4n) is 2.65. The van der Waals surface area contributed by atoms with Crippen LogP contribution in [0.1, 0.15) is 24.9 Å². The zero-order chi connectivity index (χ0) is 17.5. The lowest BCUT2D eigenvalue weighted by atomic mass is 9.97. The summed E-state index contributed by atoms with van der Waals surface area (Å²) in [6, 6.07) is 5.21. The van der Waals surface area contributed by atoms with Crippen LogP contribution in [0.4, 0.5) is 4.39 Å². The number of likely N-dealkylation sites (N-methyl/N-ethyl adjacent to an activating group) is 1. The van der Waals surface area contributed by atoms with Gasteiger partial charge in [-0.05, 0) is 31.0 Å². The van der Waals surface area contributed by atoms with Gasteiger partial charge in [0.05, 0.1) is 6.04 Å². The number of carbonyl (C=O) groups is 2. The van der Waals surface area contributed by atoms with Crippen LogP contribution in [-0.4, -0.2) is 56.2 Å². The van der Waals surface area contributed by atoms with Crippen molar-refractivity contribution < 1.29 is 23.5 Å². The number of ether oxygens (including phenoxy) is 2. The first-order valence-corrected chi connectivity index (χ1v) is 8.02. The zero-order valence-electron chi connectivity index (χ0n) is 14.0. The molecule has 1 aromatic rings. The first-order valence-electron chi connectivity index (χ1n) is 8.02. The average molecular weight is 338 g/mol. The van der Waals surface area contributed by atoms with Crippen molar-refractivity contribution in [3.05, 3.63) is 35.6 Å². The van der Waals surface area contributed by atoms with Crippen LogP contribution in [0.25, 0.3) is 0 Å². The number of hydrogen-bond acceptors (Lipinski definition) is 4. The van der Waals surface area contributed by atoms with Crippen molar-refractivity contribution in [2.45, 2.75) is 25.5 Å². The highest BCUT2D eigenvalue weighted by Crippen LogP contribution is 2.29. The molecule has 1 N–H and O–H groups in total. The van der Waals surface area contributed by atoms with E-state index in [0.29, 0.717) is 31.7 Å². The smallest absolute Gasteiger partial charge is 0.251 e. The highest BCUT2D eigenvalue weighted by atomic mass is 19.1. The maximum atomic E-state index is 13.5. The monoisotopic (exact) mass is 338 g/mol. The van der Waals surface area contributed by atoms with E-state index in [1.165, 1.54) is 17.0 Å². The van der Waals surface area contributed by atoms with Gasteiger partial charge in [0.25, 0.3) is 5.91 Å². The number of benzene rings is 1. The summed E-state index contributed by atoms with van der Waals surface area (Å²) in [7, 11) is 1.59. The van der Waals surface area contributed by atoms with Crippen molar-refractivity contribution in [3.8, 4) is 0 Å². The van der Waals surface area contributed by atoms with Crippen LogP contribution in [0.2, 0.25) is 0 Å². The summed E-state index contributed by atoms with van der Waals surface area (Å²) in [6.07, 6.45) is -0.187. The summed E-state index contributed by atoms with van der Waals surface area (Å²) in [4.78, 5) is 25.8. The van der Waals surface area contributed by atoms with Crippen LogP contribution >= 0.6 is 0 Å². The SMILES string of the molecule is CCOCCCNC(=O)[C@H]1OCC(=O)N(C)[C@@H]1c1cccc(F)c1. The number of morpholine rings is 1. The molecule has 0 saturated carbocycles. The number of nitrogens with zero attached hydrogens (tertiary/aromatic N) is 1. The topological polar surface area (TPSA) is 67.9 Å². The molecule has 0 aromatic heterocycles. The highest BCUT2D eigenvalue weighted by Gasteiger charge is 2.39. The predicted octanol–water partition coefficient (Wildman–Crippen LogP) is 1.27. The minimum Gasteiger partial charge on any atom is -0.382 e. The summed E-state index contributed by atoms with van der Waals surface area (Å²) in [5, 5.41) is 2.79. The van der Waals surface area contributed by atoms with Crippen LogP contribution < -0.4 is 5.32 Å². The van der Waals surface area contributed by atoms with Crippen LogP contribution in [0.15, 0.2) is 24.3 Å². The van der Waals surface area contributed by atoms with Crippen molar-refractivity contribution in [1.82, 2.24) is 10.2 Å². The van der Waals surface area contributed by atoms with Gasteiger partial charge in [-0.1, -0.05) is 12.1 Å². The van der Waals surface area contributed by atoms with E-state index in [1.807, 2.05) is 6.92 Å². The van der Waals surface area contributed by atoms with Crippen molar-refractivity contribution >= 4 is 11.8 Å². The molecule has 0 spiro atoms. The molecular formula is C17H23FN2O4. The van der Waals surface area contributed by atoms with Gasteiger partial charge in [-0.3, -0.25) is 9.59 Å². The molecule has 1 aliphatic heterocycles. The Morgan fingerprint density at radius 3 is 3.00 bits per heavy atom. The Labute approximate surface area is 140 Å². The average Bonchev–Trinajstić information content (AvgIpc) is 2.56. The molecule has 2 rings (SSSR count). The summed E-state index contributed by atoms with van der Waals surface area (Å²) in [5.74, 6) is -0.987. The minimum atomic E-state index is -0.874. The number of amides is 2. The molecule has 7 heteroatoms. The molecule has 24 heavy (non-hydrogen) atoms. The summed E-state index contributed by atoms with van der Waals surface area (Å²) in [5.41, 5.74) is 0.528. The highest BCUT2D eigenvalue weighted by molar-refractivity contribution is 5.86. The van der Waals surface area contributed by atoms with Crippen LogP contribution in [0.3, 0.4) is 0 Å². The van der Waals surface area contributed by atoms with E-state index in [1.54, 1.807) is 19.2 Å². The first-order chi connectivity index (χ1) is 11.5. The van der Waals surface area contributed by atoms with Crippen LogP contribution in [0.5, 0.6) is 0 Å². The van der Waals surface area contributed by atoms with Gasteiger partial charge in [-0.2, -0.15) is 0 Å². The Kier molecular flexibility index (Phi) is 6.69. The summed E-state index contributed by atoms with van der Waals surface area (Å²) < 4.78 is 24.2.